The summed E-state index contributed by atoms with van der Waals surface area (Å²) in [6.07, 6.45) is -2.03. The number of aromatic amines is 1. The highest BCUT2D eigenvalue weighted by Gasteiger charge is 2.51. The Morgan fingerprint density at radius 1 is 1.16 bits per heavy atom. The zero-order chi connectivity index (χ0) is 26.2. The molecule has 8 nitrogen and oxygen atoms in total. The first kappa shape index (κ1) is 24.7. The Morgan fingerprint density at radius 3 is 2.62 bits per heavy atom. The number of carbonyl (C=O) groups is 1. The number of benzene rings is 2. The molecule has 5 rings (SSSR count). The number of alkyl halides is 3. The van der Waals surface area contributed by atoms with Crippen molar-refractivity contribution in [3.05, 3.63) is 70.9 Å². The van der Waals surface area contributed by atoms with Crippen LogP contribution in [0.3, 0.4) is 0 Å². The van der Waals surface area contributed by atoms with Gasteiger partial charge in [-0.3, -0.25) is 4.79 Å². The van der Waals surface area contributed by atoms with Crippen molar-refractivity contribution < 1.29 is 22.7 Å². The number of carbonyl (C=O) groups excluding carboxylic acids is 1. The molecule has 2 heterocycles. The van der Waals surface area contributed by atoms with Gasteiger partial charge >= 0.3 is 6.18 Å². The molecule has 0 radical (unpaired) electrons. The molecule has 1 aliphatic rings. The van der Waals surface area contributed by atoms with E-state index in [4.69, 9.17) is 16.3 Å². The van der Waals surface area contributed by atoms with Crippen molar-refractivity contribution in [3.63, 3.8) is 0 Å². The van der Waals surface area contributed by atoms with E-state index in [1.165, 1.54) is 6.20 Å². The van der Waals surface area contributed by atoms with Gasteiger partial charge in [0.15, 0.2) is 5.82 Å². The Morgan fingerprint density at radius 2 is 1.97 bits per heavy atom. The van der Waals surface area contributed by atoms with Crippen molar-refractivity contribution >= 4 is 23.2 Å². The van der Waals surface area contributed by atoms with Crippen molar-refractivity contribution in [2.24, 2.45) is 0 Å². The summed E-state index contributed by atoms with van der Waals surface area (Å²) in [5.74, 6) is -0.489. The van der Waals surface area contributed by atoms with Gasteiger partial charge in [-0.1, -0.05) is 29.8 Å². The van der Waals surface area contributed by atoms with E-state index >= 15 is 0 Å². The number of hydrogen-bond acceptors (Lipinski definition) is 6. The van der Waals surface area contributed by atoms with E-state index in [2.05, 4.69) is 30.9 Å². The fraction of sp³-hybridized carbons (Fsp3) is 0.240. The predicted octanol–water partition coefficient (Wildman–Crippen LogP) is 5.67. The van der Waals surface area contributed by atoms with Gasteiger partial charge in [-0.2, -0.15) is 13.2 Å². The number of aromatic nitrogens is 5. The Bertz CT molecular complexity index is 1460. The number of pyridine rings is 1. The lowest BCUT2D eigenvalue weighted by molar-refractivity contribution is -0.139. The maximum absolute atomic E-state index is 13.7. The summed E-state index contributed by atoms with van der Waals surface area (Å²) in [6, 6.07) is 13.0. The minimum atomic E-state index is -4.67. The molecule has 1 fully saturated rings. The molecular weight excluding hydrogens is 509 g/mol. The predicted molar refractivity (Wildman–Crippen MR) is 130 cm³/mol. The number of rotatable bonds is 7. The fourth-order valence-corrected chi connectivity index (χ4v) is 4.40. The van der Waals surface area contributed by atoms with Crippen LogP contribution in [0, 0.1) is 0 Å². The molecule has 2 aromatic carbocycles. The van der Waals surface area contributed by atoms with E-state index in [0.29, 0.717) is 34.7 Å². The molecule has 1 aliphatic carbocycles. The summed E-state index contributed by atoms with van der Waals surface area (Å²) in [7, 11) is 0. The summed E-state index contributed by atoms with van der Waals surface area (Å²) in [6.45, 7) is 1.62. The van der Waals surface area contributed by atoms with E-state index in [1.54, 1.807) is 43.3 Å². The van der Waals surface area contributed by atoms with Crippen LogP contribution >= 0.6 is 11.6 Å². The Hall–Kier alpha value is -3.99. The van der Waals surface area contributed by atoms with E-state index in [1.807, 2.05) is 6.07 Å². The summed E-state index contributed by atoms with van der Waals surface area (Å²) in [5, 5.41) is 17.2. The molecule has 0 aliphatic heterocycles. The largest absolute Gasteiger partial charge is 0.478 e. The van der Waals surface area contributed by atoms with Crippen molar-refractivity contribution in [3.8, 4) is 28.4 Å². The lowest BCUT2D eigenvalue weighted by Crippen LogP contribution is -2.27. The molecular formula is C25H20ClF3N6O2. The highest BCUT2D eigenvalue weighted by molar-refractivity contribution is 6.30. The quantitative estimate of drug-likeness (QED) is 0.320. The van der Waals surface area contributed by atoms with Crippen molar-refractivity contribution in [1.82, 2.24) is 25.6 Å². The number of nitrogens with one attached hydrogen (secondary N) is 2. The maximum atomic E-state index is 13.7. The van der Waals surface area contributed by atoms with E-state index in [0.717, 1.165) is 11.6 Å². The highest BCUT2D eigenvalue weighted by Crippen LogP contribution is 2.49. The van der Waals surface area contributed by atoms with Gasteiger partial charge in [0.1, 0.15) is 5.56 Å². The Kier molecular flexibility index (Phi) is 6.32. The topological polar surface area (TPSA) is 106 Å². The van der Waals surface area contributed by atoms with E-state index in [-0.39, 0.29) is 23.9 Å². The van der Waals surface area contributed by atoms with Crippen LogP contribution in [0.15, 0.2) is 54.7 Å². The van der Waals surface area contributed by atoms with Crippen LogP contribution < -0.4 is 10.1 Å². The number of nitrogens with zero attached hydrogens (tertiary/aromatic N) is 4. The minimum Gasteiger partial charge on any atom is -0.478 e. The Balaban J connectivity index is 1.52. The van der Waals surface area contributed by atoms with Gasteiger partial charge in [0.2, 0.25) is 11.8 Å². The molecule has 37 heavy (non-hydrogen) atoms. The third-order valence-corrected chi connectivity index (χ3v) is 6.42. The number of hydrogen-bond donors (Lipinski definition) is 2. The monoisotopic (exact) mass is 528 g/mol. The normalized spacial score (nSPS) is 14.3. The standard InChI is InChI=1S/C25H20ClF3N6O2/c1-2-37-22-20(25(27,28)29)10-14(13-30-22)18-7-6-17(12-19(18)21-32-34-35-33-21)31-23(36)24(8-9-24)15-4-3-5-16(26)11-15/h3-7,10-13H,2,8-9H2,1H3,(H,31,36)(H,32,33,34,35). The van der Waals surface area contributed by atoms with Crippen molar-refractivity contribution in [1.29, 1.82) is 0 Å². The zero-order valence-corrected chi connectivity index (χ0v) is 20.2. The second kappa shape index (κ2) is 9.47. The van der Waals surface area contributed by atoms with Gasteiger partial charge in [-0.15, -0.1) is 5.10 Å². The first-order valence-corrected chi connectivity index (χ1v) is 11.7. The third kappa shape index (κ3) is 4.86. The second-order valence-corrected chi connectivity index (χ2v) is 9.00. The van der Waals surface area contributed by atoms with Crippen LogP contribution in [0.1, 0.15) is 30.9 Å². The average molecular weight is 529 g/mol. The molecule has 0 spiro atoms. The van der Waals surface area contributed by atoms with Crippen LogP contribution in [0.25, 0.3) is 22.5 Å². The molecule has 0 atom stereocenters. The first-order chi connectivity index (χ1) is 17.7. The van der Waals surface area contributed by atoms with E-state index in [9.17, 15) is 18.0 Å². The van der Waals surface area contributed by atoms with Gasteiger partial charge in [-0.25, -0.2) is 10.1 Å². The summed E-state index contributed by atoms with van der Waals surface area (Å²) >= 11 is 6.13. The molecule has 4 aromatic rings. The number of tetrazole rings is 1. The molecule has 1 amide bonds. The molecule has 2 aromatic heterocycles. The maximum Gasteiger partial charge on any atom is 0.421 e. The van der Waals surface area contributed by atoms with Crippen molar-refractivity contribution in [2.75, 3.05) is 11.9 Å². The molecule has 2 N–H and O–H groups in total. The number of amides is 1. The van der Waals surface area contributed by atoms with Crippen LogP contribution in [-0.4, -0.2) is 38.1 Å². The van der Waals surface area contributed by atoms with Crippen LogP contribution in [0.5, 0.6) is 5.88 Å². The molecule has 0 saturated heterocycles. The average Bonchev–Trinajstić information content (AvgIpc) is 3.51. The molecule has 12 heteroatoms. The summed E-state index contributed by atoms with van der Waals surface area (Å²) in [4.78, 5) is 17.2. The van der Waals surface area contributed by atoms with Gasteiger partial charge in [0, 0.05) is 28.0 Å². The van der Waals surface area contributed by atoms with Gasteiger partial charge in [0.05, 0.1) is 12.0 Å². The smallest absolute Gasteiger partial charge is 0.421 e. The van der Waals surface area contributed by atoms with E-state index < -0.39 is 23.0 Å². The fourth-order valence-electron chi connectivity index (χ4n) is 4.21. The van der Waals surface area contributed by atoms with Crippen LogP contribution in [-0.2, 0) is 16.4 Å². The lowest BCUT2D eigenvalue weighted by Gasteiger charge is -2.18. The van der Waals surface area contributed by atoms with Gasteiger partial charge in [0.25, 0.3) is 0 Å². The second-order valence-electron chi connectivity index (χ2n) is 8.56. The number of ether oxygens (including phenoxy) is 1. The van der Waals surface area contributed by atoms with Crippen molar-refractivity contribution in [2.45, 2.75) is 31.4 Å². The van der Waals surface area contributed by atoms with Crippen LogP contribution in [0.4, 0.5) is 18.9 Å². The summed E-state index contributed by atoms with van der Waals surface area (Å²) < 4.78 is 46.2. The first-order valence-electron chi connectivity index (χ1n) is 11.4. The molecule has 1 saturated carbocycles. The molecule has 0 unspecified atom stereocenters. The zero-order valence-electron chi connectivity index (χ0n) is 19.4. The van der Waals surface area contributed by atoms with Crippen LogP contribution in [0.2, 0.25) is 5.02 Å². The minimum absolute atomic E-state index is 0.0372. The molecule has 0 bridgehead atoms. The third-order valence-electron chi connectivity index (χ3n) is 6.19. The number of anilines is 1. The molecule has 190 valence electrons. The number of H-pyrrole nitrogens is 1. The lowest BCUT2D eigenvalue weighted by atomic mass is 9.94. The highest BCUT2D eigenvalue weighted by atomic mass is 35.5. The summed E-state index contributed by atoms with van der Waals surface area (Å²) in [5.41, 5.74) is 0.527. The van der Waals surface area contributed by atoms with Gasteiger partial charge < -0.3 is 10.1 Å². The number of halogens is 4. The SMILES string of the molecule is CCOc1ncc(-c2ccc(NC(=O)C3(c4cccc(Cl)c4)CC3)cc2-c2nnn[nH]2)cc1C(F)(F)F. The van der Waals surface area contributed by atoms with Gasteiger partial charge in [-0.05, 0) is 71.7 Å². The Labute approximate surface area is 214 Å².